The van der Waals surface area contributed by atoms with Crippen LogP contribution in [0.5, 0.6) is 0 Å². The van der Waals surface area contributed by atoms with Crippen molar-refractivity contribution in [1.82, 2.24) is 5.27 Å². The van der Waals surface area contributed by atoms with Gasteiger partial charge < -0.3 is 5.73 Å². The predicted molar refractivity (Wildman–Crippen MR) is 58.9 cm³/mol. The quantitative estimate of drug-likeness (QED) is 0.714. The lowest BCUT2D eigenvalue weighted by atomic mass is 10.1. The maximum atomic E-state index is 11.3. The van der Waals surface area contributed by atoms with E-state index in [-0.39, 0.29) is 5.69 Å². The van der Waals surface area contributed by atoms with Crippen LogP contribution in [0.2, 0.25) is 0 Å². The van der Waals surface area contributed by atoms with Gasteiger partial charge in [-0.1, -0.05) is 12.1 Å². The van der Waals surface area contributed by atoms with E-state index in [4.69, 9.17) is 5.73 Å². The molecule has 0 aliphatic carbocycles. The molecule has 0 saturated carbocycles. The first-order valence-corrected chi connectivity index (χ1v) is 5.02. The van der Waals surface area contributed by atoms with E-state index in [9.17, 15) is 9.59 Å². The van der Waals surface area contributed by atoms with E-state index in [1.807, 2.05) is 26.0 Å². The highest BCUT2D eigenvalue weighted by atomic mass is 16.5. The average Bonchev–Trinajstić information content (AvgIpc) is 2.64. The number of carbonyl (C=O) groups excluding carboxylic acids is 1. The van der Waals surface area contributed by atoms with Crippen molar-refractivity contribution < 1.29 is 14.0 Å². The molecule has 0 fully saturated rings. The zero-order chi connectivity index (χ0) is 12.6. The zero-order valence-corrected chi connectivity index (χ0v) is 9.48. The Morgan fingerprint density at radius 1 is 1.41 bits per heavy atom. The maximum absolute atomic E-state index is 11.3. The standard InChI is InChI=1S/C11H11N3O3/c1-6-4-3-5-8(7(6)2)14-9(10(12)15)11(16)17-13-14/h3-5H,1-2H3,(H2-,12,13,15,16)/p+1. The van der Waals surface area contributed by atoms with E-state index in [0.717, 1.165) is 11.1 Å². The molecule has 0 atom stereocenters. The Hall–Kier alpha value is -2.37. The lowest BCUT2D eigenvalue weighted by Gasteiger charge is -2.00. The number of rotatable bonds is 2. The molecule has 0 aliphatic rings. The van der Waals surface area contributed by atoms with E-state index in [2.05, 4.69) is 9.79 Å². The zero-order valence-electron chi connectivity index (χ0n) is 9.48. The minimum absolute atomic E-state index is 0.223. The molecule has 1 aromatic carbocycles. The summed E-state index contributed by atoms with van der Waals surface area (Å²) in [5.74, 6) is -0.832. The minimum atomic E-state index is -0.832. The summed E-state index contributed by atoms with van der Waals surface area (Å²) in [5, 5.41) is 2.37. The first kappa shape index (κ1) is 11.1. The number of aryl methyl sites for hydroxylation is 1. The lowest BCUT2D eigenvalue weighted by molar-refractivity contribution is -0.672. The van der Waals surface area contributed by atoms with Gasteiger partial charge >= 0.3 is 17.2 Å². The lowest BCUT2D eigenvalue weighted by Crippen LogP contribution is -2.43. The Morgan fingerprint density at radius 2 is 2.12 bits per heavy atom. The first-order valence-electron chi connectivity index (χ1n) is 5.02. The van der Waals surface area contributed by atoms with E-state index in [1.54, 1.807) is 6.07 Å². The molecule has 17 heavy (non-hydrogen) atoms. The van der Waals surface area contributed by atoms with E-state index < -0.39 is 11.5 Å². The first-order chi connectivity index (χ1) is 8.02. The van der Waals surface area contributed by atoms with Gasteiger partial charge in [0.15, 0.2) is 0 Å². The van der Waals surface area contributed by atoms with Crippen molar-refractivity contribution >= 4 is 5.91 Å². The molecule has 2 rings (SSSR count). The van der Waals surface area contributed by atoms with Gasteiger partial charge in [-0.3, -0.25) is 9.32 Å². The number of carbonyl (C=O) groups is 1. The van der Waals surface area contributed by atoms with Crippen LogP contribution in [0.15, 0.2) is 27.5 Å². The topological polar surface area (TPSA) is 93.0 Å². The van der Waals surface area contributed by atoms with Gasteiger partial charge in [-0.05, 0) is 29.4 Å². The number of nitrogens with two attached hydrogens (primary N) is 1. The Morgan fingerprint density at radius 3 is 2.76 bits per heavy atom. The van der Waals surface area contributed by atoms with Crippen molar-refractivity contribution in [3.05, 3.63) is 45.4 Å². The van der Waals surface area contributed by atoms with Crippen LogP contribution >= 0.6 is 0 Å². The molecule has 0 radical (unpaired) electrons. The molecule has 1 heterocycles. The Bertz CT molecular complexity index is 640. The van der Waals surface area contributed by atoms with E-state index in [0.29, 0.717) is 5.69 Å². The highest BCUT2D eigenvalue weighted by Gasteiger charge is 2.29. The molecular weight excluding hydrogens is 222 g/mol. The van der Waals surface area contributed by atoms with Crippen molar-refractivity contribution in [2.45, 2.75) is 13.8 Å². The van der Waals surface area contributed by atoms with Gasteiger partial charge in [0.1, 0.15) is 0 Å². The largest absolute Gasteiger partial charge is 0.441 e. The fourth-order valence-electron chi connectivity index (χ4n) is 1.63. The molecule has 1 aromatic heterocycles. The van der Waals surface area contributed by atoms with E-state index in [1.165, 1.54) is 4.68 Å². The SMILES string of the molecule is Cc1cccc(-[n+]2[nH]oc(=O)c2C(N)=O)c1C. The third kappa shape index (κ3) is 1.73. The van der Waals surface area contributed by atoms with Gasteiger partial charge in [0, 0.05) is 11.6 Å². The second kappa shape index (κ2) is 3.89. The Labute approximate surface area is 96.6 Å². The number of hydrogen-bond acceptors (Lipinski definition) is 3. The molecule has 0 spiro atoms. The van der Waals surface area contributed by atoms with Gasteiger partial charge in [-0.2, -0.15) is 0 Å². The highest BCUT2D eigenvalue weighted by Crippen LogP contribution is 2.11. The summed E-state index contributed by atoms with van der Waals surface area (Å²) < 4.78 is 5.84. The van der Waals surface area contributed by atoms with Crippen LogP contribution in [0, 0.1) is 13.8 Å². The van der Waals surface area contributed by atoms with Crippen LogP contribution in [0.25, 0.3) is 5.69 Å². The summed E-state index contributed by atoms with van der Waals surface area (Å²) >= 11 is 0. The number of benzene rings is 1. The summed E-state index contributed by atoms with van der Waals surface area (Å²) in [6.45, 7) is 3.81. The summed E-state index contributed by atoms with van der Waals surface area (Å²) in [5.41, 5.74) is 6.76. The number of nitrogens with zero attached hydrogens (tertiary/aromatic N) is 1. The van der Waals surface area contributed by atoms with Gasteiger partial charge in [0.2, 0.25) is 5.69 Å². The third-order valence-electron chi connectivity index (χ3n) is 2.70. The number of amides is 1. The van der Waals surface area contributed by atoms with Crippen molar-refractivity contribution in [2.24, 2.45) is 5.73 Å². The summed E-state index contributed by atoms with van der Waals surface area (Å²) in [7, 11) is 0. The number of H-pyrrole nitrogens is 1. The summed E-state index contributed by atoms with van der Waals surface area (Å²) in [6.07, 6.45) is 0. The van der Waals surface area contributed by atoms with Crippen LogP contribution in [-0.4, -0.2) is 11.2 Å². The van der Waals surface area contributed by atoms with E-state index >= 15 is 0 Å². The predicted octanol–water partition coefficient (Wildman–Crippen LogP) is -0.0397. The molecule has 6 nitrogen and oxygen atoms in total. The molecule has 6 heteroatoms. The molecule has 0 unspecified atom stereocenters. The number of primary amides is 1. The summed E-state index contributed by atoms with van der Waals surface area (Å²) in [6, 6.07) is 5.52. The molecule has 3 N–H and O–H groups in total. The second-order valence-corrected chi connectivity index (χ2v) is 3.75. The van der Waals surface area contributed by atoms with Gasteiger partial charge in [0.25, 0.3) is 0 Å². The minimum Gasteiger partial charge on any atom is -0.360 e. The molecule has 0 bridgehead atoms. The molecular formula is C11H12N3O3+. The van der Waals surface area contributed by atoms with Crippen LogP contribution in [0.4, 0.5) is 0 Å². The van der Waals surface area contributed by atoms with Crippen molar-refractivity contribution in [3.63, 3.8) is 0 Å². The van der Waals surface area contributed by atoms with Crippen molar-refractivity contribution in [2.75, 3.05) is 0 Å². The molecule has 0 saturated heterocycles. The average molecular weight is 234 g/mol. The van der Waals surface area contributed by atoms with Crippen LogP contribution in [-0.2, 0) is 0 Å². The number of aromatic amines is 1. The molecule has 1 amide bonds. The molecule has 0 aliphatic heterocycles. The second-order valence-electron chi connectivity index (χ2n) is 3.75. The van der Waals surface area contributed by atoms with Gasteiger partial charge in [-0.25, -0.2) is 4.79 Å². The fourth-order valence-corrected chi connectivity index (χ4v) is 1.63. The maximum Gasteiger partial charge on any atom is 0.441 e. The third-order valence-corrected chi connectivity index (χ3v) is 2.70. The number of nitrogens with one attached hydrogen (secondary N) is 1. The molecule has 2 aromatic rings. The van der Waals surface area contributed by atoms with Crippen LogP contribution in [0.1, 0.15) is 21.6 Å². The number of hydrogen-bond donors (Lipinski definition) is 2. The van der Waals surface area contributed by atoms with Gasteiger partial charge in [-0.15, -0.1) is 0 Å². The Balaban J connectivity index is 2.74. The molecule has 88 valence electrons. The van der Waals surface area contributed by atoms with Crippen LogP contribution < -0.4 is 16.0 Å². The monoisotopic (exact) mass is 234 g/mol. The fraction of sp³-hybridized carbons (Fsp3) is 0.182. The van der Waals surface area contributed by atoms with Crippen LogP contribution in [0.3, 0.4) is 0 Å². The summed E-state index contributed by atoms with van der Waals surface area (Å²) in [4.78, 5) is 22.5. The highest BCUT2D eigenvalue weighted by molar-refractivity contribution is 5.88. The van der Waals surface area contributed by atoms with Crippen molar-refractivity contribution in [3.8, 4) is 5.69 Å². The number of aromatic nitrogens is 2. The van der Waals surface area contributed by atoms with Crippen molar-refractivity contribution in [1.29, 1.82) is 0 Å². The normalized spacial score (nSPS) is 10.5. The van der Waals surface area contributed by atoms with Gasteiger partial charge in [0.05, 0.1) is 0 Å². The Kier molecular flexibility index (Phi) is 2.55. The smallest absolute Gasteiger partial charge is 0.360 e.